The lowest BCUT2D eigenvalue weighted by atomic mass is 10.1. The summed E-state index contributed by atoms with van der Waals surface area (Å²) in [6, 6.07) is 0. The van der Waals surface area contributed by atoms with E-state index in [-0.39, 0.29) is 0 Å². The zero-order valence-corrected chi connectivity index (χ0v) is 9.16. The van der Waals surface area contributed by atoms with Crippen LogP contribution in [0.5, 0.6) is 0 Å². The quantitative estimate of drug-likeness (QED) is 0.539. The Labute approximate surface area is 86.8 Å². The second-order valence-corrected chi connectivity index (χ2v) is 3.66. The zero-order valence-electron chi connectivity index (χ0n) is 9.16. The van der Waals surface area contributed by atoms with Gasteiger partial charge in [0.2, 0.25) is 0 Å². The van der Waals surface area contributed by atoms with Gasteiger partial charge in [-0.25, -0.2) is 0 Å². The summed E-state index contributed by atoms with van der Waals surface area (Å²) in [5, 5.41) is 3.37. The lowest BCUT2D eigenvalue weighted by molar-refractivity contribution is 0.414. The molecular weight excluding hydrogens is 172 g/mol. The molecule has 0 aromatic carbocycles. The Morgan fingerprint density at radius 3 is 2.93 bits per heavy atom. The third kappa shape index (κ3) is 4.38. The molecular formula is C12H20N2. The summed E-state index contributed by atoms with van der Waals surface area (Å²) in [5.74, 6) is 0. The molecule has 0 aromatic rings. The summed E-state index contributed by atoms with van der Waals surface area (Å²) in [7, 11) is 0. The van der Waals surface area contributed by atoms with E-state index in [9.17, 15) is 0 Å². The Morgan fingerprint density at radius 1 is 1.43 bits per heavy atom. The molecule has 2 heteroatoms. The summed E-state index contributed by atoms with van der Waals surface area (Å²) >= 11 is 0. The molecule has 1 unspecified atom stereocenters. The van der Waals surface area contributed by atoms with Gasteiger partial charge in [-0.3, -0.25) is 10.3 Å². The molecule has 14 heavy (non-hydrogen) atoms. The first-order valence-electron chi connectivity index (χ1n) is 5.39. The number of piperidine rings is 1. The maximum absolute atomic E-state index is 4.44. The van der Waals surface area contributed by atoms with E-state index in [0.717, 1.165) is 6.54 Å². The van der Waals surface area contributed by atoms with Gasteiger partial charge in [0.25, 0.3) is 0 Å². The average molecular weight is 192 g/mol. The fourth-order valence-electron chi connectivity index (χ4n) is 1.41. The smallest absolute Gasteiger partial charge is 0.0994 e. The molecule has 0 spiro atoms. The van der Waals surface area contributed by atoms with Gasteiger partial charge in [-0.2, -0.15) is 0 Å². The van der Waals surface area contributed by atoms with Crippen LogP contribution in [0.1, 0.15) is 33.1 Å². The van der Waals surface area contributed by atoms with Crippen molar-refractivity contribution in [2.24, 2.45) is 4.99 Å². The molecule has 1 rings (SSSR count). The van der Waals surface area contributed by atoms with E-state index in [0.29, 0.717) is 6.17 Å². The minimum Gasteiger partial charge on any atom is -0.296 e. The fourth-order valence-corrected chi connectivity index (χ4v) is 1.41. The number of allylic oxidation sites excluding steroid dienone is 4. The van der Waals surface area contributed by atoms with Crippen molar-refractivity contribution >= 4 is 6.21 Å². The molecule has 0 radical (unpaired) electrons. The van der Waals surface area contributed by atoms with Gasteiger partial charge in [0, 0.05) is 6.21 Å². The van der Waals surface area contributed by atoms with E-state index >= 15 is 0 Å². The van der Waals surface area contributed by atoms with Crippen molar-refractivity contribution in [2.45, 2.75) is 39.3 Å². The number of hydrogen-bond acceptors (Lipinski definition) is 2. The standard InChI is InChI=1S/C12H20N2/c1-3-11(2)7-6-10-14-12-8-4-5-9-13-12/h3,6-7,10,12-13H,4-5,8-9H2,1-2H3/b7-6-,11-3-,14-10?. The van der Waals surface area contributed by atoms with Crippen LogP contribution in [0.15, 0.2) is 28.8 Å². The fraction of sp³-hybridized carbons (Fsp3) is 0.583. The Kier molecular flexibility index (Phi) is 5.23. The van der Waals surface area contributed by atoms with E-state index in [1.54, 1.807) is 0 Å². The van der Waals surface area contributed by atoms with Gasteiger partial charge >= 0.3 is 0 Å². The Balaban J connectivity index is 2.28. The molecule has 1 heterocycles. The average Bonchev–Trinajstić information content (AvgIpc) is 2.25. The normalized spacial score (nSPS) is 25.0. The van der Waals surface area contributed by atoms with Gasteiger partial charge in [-0.1, -0.05) is 17.7 Å². The van der Waals surface area contributed by atoms with Gasteiger partial charge in [0.15, 0.2) is 0 Å². The van der Waals surface area contributed by atoms with Crippen molar-refractivity contribution < 1.29 is 0 Å². The summed E-state index contributed by atoms with van der Waals surface area (Å²) in [4.78, 5) is 4.44. The van der Waals surface area contributed by atoms with E-state index in [1.807, 2.05) is 19.2 Å². The van der Waals surface area contributed by atoms with Crippen LogP contribution in [0.3, 0.4) is 0 Å². The minimum absolute atomic E-state index is 0.347. The SMILES string of the molecule is C/C=C(C)\C=C/C=NC1CCCCN1. The van der Waals surface area contributed by atoms with Crippen LogP contribution in [-0.2, 0) is 0 Å². The second-order valence-electron chi connectivity index (χ2n) is 3.66. The molecule has 0 saturated carbocycles. The van der Waals surface area contributed by atoms with Gasteiger partial charge in [-0.05, 0) is 45.7 Å². The molecule has 0 aromatic heterocycles. The highest BCUT2D eigenvalue weighted by molar-refractivity contribution is 5.72. The lowest BCUT2D eigenvalue weighted by Gasteiger charge is -2.18. The first-order chi connectivity index (χ1) is 6.83. The van der Waals surface area contributed by atoms with Crippen molar-refractivity contribution in [1.82, 2.24) is 5.32 Å². The first kappa shape index (κ1) is 11.2. The summed E-state index contributed by atoms with van der Waals surface area (Å²) in [6.45, 7) is 5.24. The Bertz CT molecular complexity index is 233. The summed E-state index contributed by atoms with van der Waals surface area (Å²) in [5.41, 5.74) is 1.27. The molecule has 0 bridgehead atoms. The van der Waals surface area contributed by atoms with Crippen molar-refractivity contribution in [3.05, 3.63) is 23.8 Å². The van der Waals surface area contributed by atoms with Gasteiger partial charge in [0.05, 0.1) is 6.17 Å². The third-order valence-electron chi connectivity index (χ3n) is 2.45. The molecule has 1 aliphatic heterocycles. The highest BCUT2D eigenvalue weighted by atomic mass is 15.1. The predicted molar refractivity (Wildman–Crippen MR) is 62.7 cm³/mol. The van der Waals surface area contributed by atoms with Gasteiger partial charge in [0.1, 0.15) is 0 Å². The van der Waals surface area contributed by atoms with Crippen LogP contribution in [0.2, 0.25) is 0 Å². The Hall–Kier alpha value is -0.890. The highest BCUT2D eigenvalue weighted by Crippen LogP contribution is 2.06. The number of nitrogens with one attached hydrogen (secondary N) is 1. The van der Waals surface area contributed by atoms with Crippen LogP contribution in [-0.4, -0.2) is 18.9 Å². The lowest BCUT2D eigenvalue weighted by Crippen LogP contribution is -2.32. The molecule has 78 valence electrons. The van der Waals surface area contributed by atoms with E-state index in [4.69, 9.17) is 0 Å². The van der Waals surface area contributed by atoms with E-state index in [2.05, 4.69) is 29.4 Å². The molecule has 1 N–H and O–H groups in total. The topological polar surface area (TPSA) is 24.4 Å². The largest absolute Gasteiger partial charge is 0.296 e. The maximum atomic E-state index is 4.44. The van der Waals surface area contributed by atoms with Crippen molar-refractivity contribution in [3.8, 4) is 0 Å². The van der Waals surface area contributed by atoms with Gasteiger partial charge < -0.3 is 0 Å². The third-order valence-corrected chi connectivity index (χ3v) is 2.45. The van der Waals surface area contributed by atoms with Crippen LogP contribution in [0.4, 0.5) is 0 Å². The van der Waals surface area contributed by atoms with Crippen LogP contribution in [0.25, 0.3) is 0 Å². The van der Waals surface area contributed by atoms with Crippen molar-refractivity contribution in [3.63, 3.8) is 0 Å². The van der Waals surface area contributed by atoms with E-state index in [1.165, 1.54) is 24.8 Å². The highest BCUT2D eigenvalue weighted by Gasteiger charge is 2.08. The number of aliphatic imine (C=N–C) groups is 1. The van der Waals surface area contributed by atoms with Crippen LogP contribution >= 0.6 is 0 Å². The molecule has 1 saturated heterocycles. The summed E-state index contributed by atoms with van der Waals surface area (Å²) < 4.78 is 0. The number of rotatable bonds is 3. The van der Waals surface area contributed by atoms with Crippen LogP contribution in [0, 0.1) is 0 Å². The van der Waals surface area contributed by atoms with Crippen molar-refractivity contribution in [2.75, 3.05) is 6.54 Å². The molecule has 0 amide bonds. The first-order valence-corrected chi connectivity index (χ1v) is 5.39. The molecule has 1 atom stereocenters. The maximum Gasteiger partial charge on any atom is 0.0994 e. The van der Waals surface area contributed by atoms with Crippen molar-refractivity contribution in [1.29, 1.82) is 0 Å². The molecule has 2 nitrogen and oxygen atoms in total. The number of nitrogens with zero attached hydrogens (tertiary/aromatic N) is 1. The predicted octanol–water partition coefficient (Wildman–Crippen LogP) is 2.68. The van der Waals surface area contributed by atoms with Crippen LogP contribution < -0.4 is 5.32 Å². The second kappa shape index (κ2) is 6.55. The number of hydrogen-bond donors (Lipinski definition) is 1. The van der Waals surface area contributed by atoms with Gasteiger partial charge in [-0.15, -0.1) is 0 Å². The monoisotopic (exact) mass is 192 g/mol. The summed E-state index contributed by atoms with van der Waals surface area (Å²) in [6.07, 6.45) is 12.2. The van der Waals surface area contributed by atoms with E-state index < -0.39 is 0 Å². The molecule has 1 fully saturated rings. The molecule has 1 aliphatic rings. The zero-order chi connectivity index (χ0) is 10.2. The Morgan fingerprint density at radius 2 is 2.29 bits per heavy atom. The molecule has 0 aliphatic carbocycles. The minimum atomic E-state index is 0.347.